The van der Waals surface area contributed by atoms with Gasteiger partial charge in [-0.1, -0.05) is 13.8 Å². The molecule has 0 saturated carbocycles. The van der Waals surface area contributed by atoms with Crippen molar-refractivity contribution in [1.82, 2.24) is 9.80 Å². The summed E-state index contributed by atoms with van der Waals surface area (Å²) in [5.41, 5.74) is 5.68. The van der Waals surface area contributed by atoms with E-state index in [0.717, 1.165) is 45.6 Å². The number of nitrogens with zero attached hydrogens (tertiary/aromatic N) is 2. The fourth-order valence-corrected chi connectivity index (χ4v) is 5.63. The number of sulfone groups is 1. The number of piperazine rings is 1. The first-order valence-corrected chi connectivity index (χ1v) is 9.57. The number of hydrogen-bond donors (Lipinski definition) is 1. The van der Waals surface area contributed by atoms with Crippen molar-refractivity contribution in [2.45, 2.75) is 32.2 Å². The number of rotatable bonds is 4. The van der Waals surface area contributed by atoms with Crippen molar-refractivity contribution < 1.29 is 8.42 Å². The van der Waals surface area contributed by atoms with Crippen molar-refractivity contribution in [3.05, 3.63) is 0 Å². The summed E-state index contributed by atoms with van der Waals surface area (Å²) in [4.78, 5) is 4.82. The highest BCUT2D eigenvalue weighted by molar-refractivity contribution is 7.91. The van der Waals surface area contributed by atoms with Crippen molar-refractivity contribution in [2.75, 3.05) is 50.8 Å². The van der Waals surface area contributed by atoms with Gasteiger partial charge in [0.1, 0.15) is 0 Å². The van der Waals surface area contributed by atoms with Crippen LogP contribution in [0.2, 0.25) is 0 Å². The molecule has 2 N–H and O–H groups in total. The van der Waals surface area contributed by atoms with Gasteiger partial charge in [0.2, 0.25) is 0 Å². The SMILES string of the molecule is CC(C)CN1CCN(C2(CN)CCCS(=O)(=O)C2)CC1. The summed E-state index contributed by atoms with van der Waals surface area (Å²) in [6.45, 7) is 10.00. The molecular formula is C14H29N3O2S. The Morgan fingerprint density at radius 3 is 2.35 bits per heavy atom. The van der Waals surface area contributed by atoms with Gasteiger partial charge in [-0.25, -0.2) is 8.42 Å². The minimum Gasteiger partial charge on any atom is -0.329 e. The molecule has 118 valence electrons. The third-order valence-corrected chi connectivity index (χ3v) is 6.52. The molecule has 0 radical (unpaired) electrons. The second kappa shape index (κ2) is 6.30. The van der Waals surface area contributed by atoms with Crippen LogP contribution in [0.15, 0.2) is 0 Å². The van der Waals surface area contributed by atoms with Gasteiger partial charge in [-0.3, -0.25) is 4.90 Å². The second-order valence-corrected chi connectivity index (χ2v) is 8.99. The summed E-state index contributed by atoms with van der Waals surface area (Å²) >= 11 is 0. The van der Waals surface area contributed by atoms with E-state index < -0.39 is 9.84 Å². The van der Waals surface area contributed by atoms with Gasteiger partial charge in [0.25, 0.3) is 0 Å². The predicted molar refractivity (Wildman–Crippen MR) is 82.5 cm³/mol. The molecule has 5 nitrogen and oxygen atoms in total. The van der Waals surface area contributed by atoms with Gasteiger partial charge in [-0.05, 0) is 18.8 Å². The quantitative estimate of drug-likeness (QED) is 0.802. The maximum absolute atomic E-state index is 12.0. The molecular weight excluding hydrogens is 274 g/mol. The number of nitrogens with two attached hydrogens (primary N) is 1. The topological polar surface area (TPSA) is 66.6 Å². The molecule has 0 aromatic rings. The molecule has 1 unspecified atom stereocenters. The molecule has 0 aliphatic carbocycles. The predicted octanol–water partition coefficient (Wildman–Crippen LogP) is 0.166. The normalized spacial score (nSPS) is 32.6. The molecule has 2 fully saturated rings. The first-order chi connectivity index (χ1) is 9.37. The molecule has 0 aromatic carbocycles. The first-order valence-electron chi connectivity index (χ1n) is 7.75. The van der Waals surface area contributed by atoms with Crippen LogP contribution in [0.1, 0.15) is 26.7 Å². The Kier molecular flexibility index (Phi) is 5.10. The van der Waals surface area contributed by atoms with Crippen LogP contribution in [-0.2, 0) is 9.84 Å². The molecule has 2 rings (SSSR count). The zero-order chi connectivity index (χ0) is 14.8. The first kappa shape index (κ1) is 16.2. The zero-order valence-electron chi connectivity index (χ0n) is 12.8. The molecule has 2 heterocycles. The molecule has 0 aromatic heterocycles. The minimum atomic E-state index is -2.92. The molecule has 0 amide bonds. The van der Waals surface area contributed by atoms with Crippen LogP contribution in [0.5, 0.6) is 0 Å². The third kappa shape index (κ3) is 3.72. The van der Waals surface area contributed by atoms with E-state index in [1.807, 2.05) is 0 Å². The Balaban J connectivity index is 2.00. The largest absolute Gasteiger partial charge is 0.329 e. The Hall–Kier alpha value is -0.170. The third-order valence-electron chi connectivity index (χ3n) is 4.63. The highest BCUT2D eigenvalue weighted by Gasteiger charge is 2.43. The van der Waals surface area contributed by atoms with Crippen molar-refractivity contribution in [3.8, 4) is 0 Å². The fraction of sp³-hybridized carbons (Fsp3) is 1.00. The Labute approximate surface area is 123 Å². The zero-order valence-corrected chi connectivity index (χ0v) is 13.7. The van der Waals surface area contributed by atoms with E-state index >= 15 is 0 Å². The van der Waals surface area contributed by atoms with Crippen LogP contribution < -0.4 is 5.73 Å². The van der Waals surface area contributed by atoms with Crippen LogP contribution in [0.4, 0.5) is 0 Å². The molecule has 0 spiro atoms. The maximum Gasteiger partial charge on any atom is 0.152 e. The van der Waals surface area contributed by atoms with Gasteiger partial charge in [0.05, 0.1) is 11.5 Å². The average molecular weight is 303 g/mol. The minimum absolute atomic E-state index is 0.251. The lowest BCUT2D eigenvalue weighted by molar-refractivity contribution is 0.0372. The lowest BCUT2D eigenvalue weighted by atomic mass is 9.92. The lowest BCUT2D eigenvalue weighted by Crippen LogP contribution is -2.64. The highest BCUT2D eigenvalue weighted by Crippen LogP contribution is 2.29. The van der Waals surface area contributed by atoms with E-state index in [1.165, 1.54) is 0 Å². The molecule has 20 heavy (non-hydrogen) atoms. The van der Waals surface area contributed by atoms with Gasteiger partial charge in [-0.2, -0.15) is 0 Å². The summed E-state index contributed by atoms with van der Waals surface area (Å²) in [7, 11) is -2.92. The van der Waals surface area contributed by atoms with Crippen molar-refractivity contribution in [2.24, 2.45) is 11.7 Å². The summed E-state index contributed by atoms with van der Waals surface area (Å²) in [6.07, 6.45) is 1.68. The van der Waals surface area contributed by atoms with Crippen LogP contribution in [-0.4, -0.2) is 74.5 Å². The molecule has 2 saturated heterocycles. The molecule has 6 heteroatoms. The van der Waals surface area contributed by atoms with Crippen molar-refractivity contribution in [3.63, 3.8) is 0 Å². The highest BCUT2D eigenvalue weighted by atomic mass is 32.2. The van der Waals surface area contributed by atoms with Crippen LogP contribution in [0.3, 0.4) is 0 Å². The van der Waals surface area contributed by atoms with Gasteiger partial charge < -0.3 is 10.6 Å². The average Bonchev–Trinajstić information content (AvgIpc) is 2.37. The summed E-state index contributed by atoms with van der Waals surface area (Å²) < 4.78 is 24.0. The molecule has 2 aliphatic heterocycles. The standard InChI is InChI=1S/C14H29N3O2S/c1-13(2)10-16-5-7-17(8-6-16)14(11-15)4-3-9-20(18,19)12-14/h13H,3-12,15H2,1-2H3. The lowest BCUT2D eigenvalue weighted by Gasteiger charge is -2.49. The smallest absolute Gasteiger partial charge is 0.152 e. The Morgan fingerprint density at radius 2 is 1.85 bits per heavy atom. The van der Waals surface area contributed by atoms with Gasteiger partial charge in [-0.15, -0.1) is 0 Å². The Bertz CT molecular complexity index is 416. The van der Waals surface area contributed by atoms with Crippen LogP contribution in [0, 0.1) is 5.92 Å². The van der Waals surface area contributed by atoms with E-state index in [4.69, 9.17) is 5.73 Å². The van der Waals surface area contributed by atoms with E-state index in [1.54, 1.807) is 0 Å². The summed E-state index contributed by atoms with van der Waals surface area (Å²) in [5, 5.41) is 0. The molecule has 2 aliphatic rings. The van der Waals surface area contributed by atoms with Gasteiger partial charge >= 0.3 is 0 Å². The van der Waals surface area contributed by atoms with E-state index in [9.17, 15) is 8.42 Å². The second-order valence-electron chi connectivity index (χ2n) is 6.81. The van der Waals surface area contributed by atoms with Gasteiger partial charge in [0, 0.05) is 44.8 Å². The molecule has 1 atom stereocenters. The monoisotopic (exact) mass is 303 g/mol. The van der Waals surface area contributed by atoms with Gasteiger partial charge in [0.15, 0.2) is 9.84 Å². The Morgan fingerprint density at radius 1 is 1.20 bits per heavy atom. The summed E-state index contributed by atoms with van der Waals surface area (Å²) in [6, 6.07) is 0. The van der Waals surface area contributed by atoms with Crippen LogP contribution >= 0.6 is 0 Å². The number of hydrogen-bond acceptors (Lipinski definition) is 5. The van der Waals surface area contributed by atoms with Crippen molar-refractivity contribution >= 4 is 9.84 Å². The van der Waals surface area contributed by atoms with E-state index in [-0.39, 0.29) is 11.3 Å². The van der Waals surface area contributed by atoms with Crippen molar-refractivity contribution in [1.29, 1.82) is 0 Å². The van der Waals surface area contributed by atoms with E-state index in [0.29, 0.717) is 18.2 Å². The molecule has 0 bridgehead atoms. The fourth-order valence-electron chi connectivity index (χ4n) is 3.64. The van der Waals surface area contributed by atoms with Crippen LogP contribution in [0.25, 0.3) is 0 Å². The maximum atomic E-state index is 12.0. The van der Waals surface area contributed by atoms with E-state index in [2.05, 4.69) is 23.6 Å². The summed E-state index contributed by atoms with van der Waals surface area (Å²) in [5.74, 6) is 1.27.